The molecule has 0 aromatic heterocycles. The third kappa shape index (κ3) is 4.82. The van der Waals surface area contributed by atoms with Crippen molar-refractivity contribution in [3.8, 4) is 0 Å². The Hall–Kier alpha value is -1.61. The minimum atomic E-state index is -4.38. The predicted molar refractivity (Wildman–Crippen MR) is 63.6 cm³/mol. The molecule has 0 radical (unpaired) electrons. The molecule has 1 aromatic rings. The molecule has 5 nitrogen and oxygen atoms in total. The second kappa shape index (κ2) is 5.80. The van der Waals surface area contributed by atoms with Crippen LogP contribution in [-0.2, 0) is 21.2 Å². The van der Waals surface area contributed by atoms with E-state index in [0.29, 0.717) is 0 Å². The number of aliphatic carboxylic acids is 1. The number of hydrogen-bond donors (Lipinski definition) is 2. The van der Waals surface area contributed by atoms with E-state index in [1.54, 1.807) is 0 Å². The van der Waals surface area contributed by atoms with Crippen molar-refractivity contribution >= 4 is 16.0 Å². The molecule has 0 heterocycles. The van der Waals surface area contributed by atoms with Crippen molar-refractivity contribution in [2.45, 2.75) is 30.5 Å². The van der Waals surface area contributed by atoms with Crippen LogP contribution in [-0.4, -0.2) is 31.7 Å². The summed E-state index contributed by atoms with van der Waals surface area (Å²) < 4.78 is 61.8. The lowest BCUT2D eigenvalue weighted by atomic mass is 10.1. The van der Waals surface area contributed by atoms with Gasteiger partial charge in [-0.05, 0) is 24.6 Å². The Bertz CT molecular complexity index is 581. The summed E-state index contributed by atoms with van der Waals surface area (Å²) in [7, 11) is -4.08. The van der Waals surface area contributed by atoms with Gasteiger partial charge in [0.15, 0.2) is 0 Å². The van der Waals surface area contributed by atoms with E-state index in [1.807, 2.05) is 4.72 Å². The molecule has 0 aliphatic heterocycles. The Balaban J connectivity index is 2.90. The molecule has 0 unspecified atom stereocenters. The first-order valence-corrected chi connectivity index (χ1v) is 6.90. The topological polar surface area (TPSA) is 83.5 Å². The monoisotopic (exact) mass is 311 g/mol. The highest BCUT2D eigenvalue weighted by Gasteiger charge is 2.28. The normalized spacial score (nSPS) is 14.0. The Morgan fingerprint density at radius 1 is 1.30 bits per heavy atom. The molecule has 0 spiro atoms. The molecule has 1 aromatic carbocycles. The maximum Gasteiger partial charge on any atom is 0.393 e. The zero-order valence-corrected chi connectivity index (χ0v) is 11.1. The molecule has 0 saturated carbocycles. The van der Waals surface area contributed by atoms with Gasteiger partial charge in [0.05, 0.1) is 11.3 Å². The van der Waals surface area contributed by atoms with Gasteiger partial charge < -0.3 is 5.11 Å². The molecular formula is C11H12F3NO4S. The quantitative estimate of drug-likeness (QED) is 0.864. The van der Waals surface area contributed by atoms with Crippen LogP contribution in [0, 0.1) is 0 Å². The molecule has 0 aliphatic rings. The van der Waals surface area contributed by atoms with Crippen LogP contribution >= 0.6 is 0 Å². The van der Waals surface area contributed by atoms with Crippen LogP contribution < -0.4 is 4.72 Å². The maximum absolute atomic E-state index is 12.1. The van der Waals surface area contributed by atoms with Crippen molar-refractivity contribution in [1.82, 2.24) is 4.72 Å². The third-order valence-corrected chi connectivity index (χ3v) is 3.90. The number of carboxylic acids is 1. The highest BCUT2D eigenvalue weighted by atomic mass is 32.2. The number of hydrogen-bond acceptors (Lipinski definition) is 3. The van der Waals surface area contributed by atoms with Crippen molar-refractivity contribution in [1.29, 1.82) is 0 Å². The van der Waals surface area contributed by atoms with E-state index in [2.05, 4.69) is 0 Å². The number of benzene rings is 1. The molecule has 1 rings (SSSR count). The van der Waals surface area contributed by atoms with Gasteiger partial charge in [-0.25, -0.2) is 8.42 Å². The molecule has 9 heteroatoms. The first kappa shape index (κ1) is 16.4. The molecule has 0 bridgehead atoms. The summed E-state index contributed by atoms with van der Waals surface area (Å²) in [4.78, 5) is 10.3. The fraction of sp³-hybridized carbons (Fsp3) is 0.364. The number of carbonyl (C=O) groups is 1. The van der Waals surface area contributed by atoms with Gasteiger partial charge in [-0.15, -0.1) is 0 Å². The van der Waals surface area contributed by atoms with E-state index in [9.17, 15) is 26.4 Å². The lowest BCUT2D eigenvalue weighted by Crippen LogP contribution is -2.38. The van der Waals surface area contributed by atoms with Crippen molar-refractivity contribution in [2.24, 2.45) is 0 Å². The molecule has 0 saturated heterocycles. The molecule has 0 aliphatic carbocycles. The minimum absolute atomic E-state index is 0.0808. The minimum Gasteiger partial charge on any atom is -0.480 e. The third-order valence-electron chi connectivity index (χ3n) is 2.34. The van der Waals surface area contributed by atoms with Crippen molar-refractivity contribution in [2.75, 3.05) is 0 Å². The van der Waals surface area contributed by atoms with E-state index in [1.165, 1.54) is 0 Å². The SMILES string of the molecule is C[C@H](NS(=O)(=O)c1ccc(CC(F)(F)F)cc1)C(=O)O. The van der Waals surface area contributed by atoms with Gasteiger partial charge in [0.2, 0.25) is 10.0 Å². The first-order valence-electron chi connectivity index (χ1n) is 5.42. The van der Waals surface area contributed by atoms with E-state index in [-0.39, 0.29) is 10.5 Å². The van der Waals surface area contributed by atoms with Gasteiger partial charge >= 0.3 is 12.1 Å². The van der Waals surface area contributed by atoms with Crippen LogP contribution in [0.2, 0.25) is 0 Å². The largest absolute Gasteiger partial charge is 0.480 e. The summed E-state index contributed by atoms with van der Waals surface area (Å²) in [6.07, 6.45) is -5.54. The fourth-order valence-corrected chi connectivity index (χ4v) is 2.57. The van der Waals surface area contributed by atoms with E-state index in [0.717, 1.165) is 31.2 Å². The molecular weight excluding hydrogens is 299 g/mol. The van der Waals surface area contributed by atoms with E-state index >= 15 is 0 Å². The van der Waals surface area contributed by atoms with Gasteiger partial charge in [0, 0.05) is 0 Å². The number of carboxylic acid groups (broad SMARTS) is 1. The molecule has 1 atom stereocenters. The van der Waals surface area contributed by atoms with Crippen LogP contribution in [0.4, 0.5) is 13.2 Å². The zero-order chi connectivity index (χ0) is 15.6. The number of sulfonamides is 1. The molecule has 0 amide bonds. The number of nitrogens with one attached hydrogen (secondary N) is 1. The highest BCUT2D eigenvalue weighted by molar-refractivity contribution is 7.89. The average molecular weight is 311 g/mol. The molecule has 20 heavy (non-hydrogen) atoms. The van der Waals surface area contributed by atoms with Crippen LogP contribution in [0.1, 0.15) is 12.5 Å². The van der Waals surface area contributed by atoms with Gasteiger partial charge in [-0.2, -0.15) is 17.9 Å². The van der Waals surface area contributed by atoms with E-state index in [4.69, 9.17) is 5.11 Å². The fourth-order valence-electron chi connectivity index (χ4n) is 1.37. The van der Waals surface area contributed by atoms with Crippen LogP contribution in [0.5, 0.6) is 0 Å². The summed E-state index contributed by atoms with van der Waals surface area (Å²) in [6.45, 7) is 1.14. The van der Waals surface area contributed by atoms with Crippen LogP contribution in [0.3, 0.4) is 0 Å². The van der Waals surface area contributed by atoms with Crippen molar-refractivity contribution in [3.63, 3.8) is 0 Å². The van der Waals surface area contributed by atoms with Crippen LogP contribution in [0.15, 0.2) is 29.2 Å². The Morgan fingerprint density at radius 2 is 1.80 bits per heavy atom. The average Bonchev–Trinajstić information content (AvgIpc) is 2.26. The van der Waals surface area contributed by atoms with Gasteiger partial charge in [0.1, 0.15) is 6.04 Å². The Kier molecular flexibility index (Phi) is 4.77. The van der Waals surface area contributed by atoms with Crippen molar-refractivity contribution < 1.29 is 31.5 Å². The molecule has 2 N–H and O–H groups in total. The molecule has 112 valence electrons. The first-order chi connectivity index (χ1) is 9.01. The summed E-state index contributed by atoms with van der Waals surface area (Å²) in [5.41, 5.74) is -0.0808. The summed E-state index contributed by atoms with van der Waals surface area (Å²) in [5.74, 6) is -1.36. The second-order valence-electron chi connectivity index (χ2n) is 4.12. The van der Waals surface area contributed by atoms with E-state index < -0.39 is 34.6 Å². The maximum atomic E-state index is 12.1. The lowest BCUT2D eigenvalue weighted by Gasteiger charge is -2.11. The smallest absolute Gasteiger partial charge is 0.393 e. The highest BCUT2D eigenvalue weighted by Crippen LogP contribution is 2.22. The zero-order valence-electron chi connectivity index (χ0n) is 10.3. The van der Waals surface area contributed by atoms with Gasteiger partial charge in [-0.3, -0.25) is 4.79 Å². The lowest BCUT2D eigenvalue weighted by molar-refractivity contribution is -0.138. The standard InChI is InChI=1S/C11H12F3NO4S/c1-7(10(16)17)15-20(18,19)9-4-2-8(3-5-9)6-11(12,13)14/h2-5,7,15H,6H2,1H3,(H,16,17)/t7-/m0/s1. The van der Waals surface area contributed by atoms with Gasteiger partial charge in [-0.1, -0.05) is 12.1 Å². The number of rotatable bonds is 5. The summed E-state index contributed by atoms with van der Waals surface area (Å²) in [6, 6.07) is 2.73. The second-order valence-corrected chi connectivity index (χ2v) is 5.83. The molecule has 0 fully saturated rings. The summed E-state index contributed by atoms with van der Waals surface area (Å²) >= 11 is 0. The van der Waals surface area contributed by atoms with Crippen LogP contribution in [0.25, 0.3) is 0 Å². The number of alkyl halides is 3. The van der Waals surface area contributed by atoms with Gasteiger partial charge in [0.25, 0.3) is 0 Å². The Labute approximate surface area is 113 Å². The van der Waals surface area contributed by atoms with Crippen molar-refractivity contribution in [3.05, 3.63) is 29.8 Å². The number of halogens is 3. The predicted octanol–water partition coefficient (Wildman–Crippen LogP) is 1.54. The summed E-state index contributed by atoms with van der Waals surface area (Å²) in [5, 5.41) is 8.61. The Morgan fingerprint density at radius 3 is 2.20 bits per heavy atom.